The highest BCUT2D eigenvalue weighted by Crippen LogP contribution is 2.10. The van der Waals surface area contributed by atoms with Gasteiger partial charge in [-0.1, -0.05) is 40.8 Å². The zero-order chi connectivity index (χ0) is 8.81. The average Bonchev–Trinajstić information content (AvgIpc) is 2.16. The van der Waals surface area contributed by atoms with Crippen LogP contribution >= 0.6 is 34.2 Å². The van der Waals surface area contributed by atoms with E-state index in [9.17, 15) is 0 Å². The number of ether oxygens (including phenoxy) is 1. The molecule has 0 aromatic heterocycles. The Bertz CT molecular complexity index is 215. The van der Waals surface area contributed by atoms with E-state index in [0.29, 0.717) is 6.61 Å². The summed E-state index contributed by atoms with van der Waals surface area (Å²) in [5.74, 6) is 0.882. The van der Waals surface area contributed by atoms with Crippen molar-refractivity contribution in [2.75, 3.05) is 11.0 Å². The largest absolute Gasteiger partial charge is 0.492 e. The number of hydrogen-bond acceptors (Lipinski definition) is 1. The predicted molar refractivity (Wildman–Crippen MR) is 60.5 cm³/mol. The molecule has 0 N–H and O–H groups in total. The van der Waals surface area contributed by atoms with Crippen LogP contribution in [0.5, 0.6) is 5.75 Å². The molecular formula is C9H10ClIO. The van der Waals surface area contributed by atoms with E-state index in [0.717, 1.165) is 10.2 Å². The third-order valence-electron chi connectivity index (χ3n) is 1.34. The highest BCUT2D eigenvalue weighted by atomic mass is 127. The number of hydrogen-bond donors (Lipinski definition) is 0. The Balaban J connectivity index is 2.33. The van der Waals surface area contributed by atoms with Crippen LogP contribution < -0.4 is 4.74 Å². The zero-order valence-corrected chi connectivity index (χ0v) is 9.46. The minimum atomic E-state index is 0.103. The first-order chi connectivity index (χ1) is 5.83. The fraction of sp³-hybridized carbons (Fsp3) is 0.333. The number of rotatable bonds is 4. The smallest absolute Gasteiger partial charge is 0.119 e. The minimum Gasteiger partial charge on any atom is -0.492 e. The highest BCUT2D eigenvalue weighted by Gasteiger charge is 2.01. The van der Waals surface area contributed by atoms with Gasteiger partial charge in [0.05, 0.1) is 5.38 Å². The van der Waals surface area contributed by atoms with Crippen LogP contribution in [0, 0.1) is 0 Å². The van der Waals surface area contributed by atoms with E-state index >= 15 is 0 Å². The number of alkyl halides is 2. The Labute approximate surface area is 91.2 Å². The van der Waals surface area contributed by atoms with Gasteiger partial charge in [0.15, 0.2) is 0 Å². The Morgan fingerprint density at radius 1 is 1.33 bits per heavy atom. The van der Waals surface area contributed by atoms with E-state index in [1.54, 1.807) is 0 Å². The van der Waals surface area contributed by atoms with Crippen molar-refractivity contribution in [2.24, 2.45) is 0 Å². The van der Waals surface area contributed by atoms with Gasteiger partial charge in [0.1, 0.15) is 12.4 Å². The van der Waals surface area contributed by atoms with Crippen molar-refractivity contribution in [2.45, 2.75) is 5.38 Å². The molecule has 0 aliphatic rings. The summed E-state index contributed by atoms with van der Waals surface area (Å²) in [5.41, 5.74) is 0. The molecule has 1 unspecified atom stereocenters. The fourth-order valence-electron chi connectivity index (χ4n) is 0.748. The quantitative estimate of drug-likeness (QED) is 0.613. The maximum atomic E-state index is 5.88. The van der Waals surface area contributed by atoms with E-state index in [1.165, 1.54) is 0 Å². The molecule has 0 radical (unpaired) electrons. The van der Waals surface area contributed by atoms with Crippen molar-refractivity contribution in [3.63, 3.8) is 0 Å². The highest BCUT2D eigenvalue weighted by molar-refractivity contribution is 14.1. The molecule has 12 heavy (non-hydrogen) atoms. The molecule has 3 heteroatoms. The molecule has 1 aromatic rings. The molecule has 1 rings (SSSR count). The lowest BCUT2D eigenvalue weighted by molar-refractivity contribution is 0.322. The summed E-state index contributed by atoms with van der Waals surface area (Å²) in [4.78, 5) is 0. The summed E-state index contributed by atoms with van der Waals surface area (Å²) < 4.78 is 6.33. The van der Waals surface area contributed by atoms with E-state index < -0.39 is 0 Å². The lowest BCUT2D eigenvalue weighted by Gasteiger charge is -2.07. The second kappa shape index (κ2) is 5.65. The van der Waals surface area contributed by atoms with Gasteiger partial charge in [-0.15, -0.1) is 11.6 Å². The lowest BCUT2D eigenvalue weighted by atomic mass is 10.3. The van der Waals surface area contributed by atoms with Gasteiger partial charge in [-0.2, -0.15) is 0 Å². The van der Waals surface area contributed by atoms with Crippen LogP contribution in [0.1, 0.15) is 0 Å². The van der Waals surface area contributed by atoms with Gasteiger partial charge >= 0.3 is 0 Å². The standard InChI is InChI=1S/C9H10ClIO/c10-8(6-11)7-12-9-4-2-1-3-5-9/h1-5,8H,6-7H2. The van der Waals surface area contributed by atoms with Crippen LogP contribution in [-0.4, -0.2) is 16.4 Å². The third-order valence-corrected chi connectivity index (χ3v) is 3.21. The molecule has 1 nitrogen and oxygen atoms in total. The van der Waals surface area contributed by atoms with Crippen LogP contribution in [0.15, 0.2) is 30.3 Å². The van der Waals surface area contributed by atoms with Crippen molar-refractivity contribution in [3.05, 3.63) is 30.3 Å². The van der Waals surface area contributed by atoms with Crippen molar-refractivity contribution in [1.29, 1.82) is 0 Å². The SMILES string of the molecule is ClC(CI)COc1ccccc1. The fourth-order valence-corrected chi connectivity index (χ4v) is 1.07. The summed E-state index contributed by atoms with van der Waals surface area (Å²) >= 11 is 8.13. The maximum absolute atomic E-state index is 5.88. The Kier molecular flexibility index (Phi) is 4.76. The number of halogens is 2. The predicted octanol–water partition coefficient (Wildman–Crippen LogP) is 3.11. The zero-order valence-electron chi connectivity index (χ0n) is 6.54. The second-order valence-electron chi connectivity index (χ2n) is 2.38. The molecule has 0 amide bonds. The summed E-state index contributed by atoms with van der Waals surface area (Å²) in [7, 11) is 0. The van der Waals surface area contributed by atoms with Crippen LogP contribution in [0.2, 0.25) is 0 Å². The van der Waals surface area contributed by atoms with E-state index in [2.05, 4.69) is 22.6 Å². The van der Waals surface area contributed by atoms with E-state index in [1.807, 2.05) is 30.3 Å². The molecule has 1 aromatic carbocycles. The van der Waals surface area contributed by atoms with Crippen molar-refractivity contribution in [3.8, 4) is 5.75 Å². The second-order valence-corrected chi connectivity index (χ2v) is 3.87. The number of para-hydroxylation sites is 1. The molecule has 0 heterocycles. The molecular weight excluding hydrogens is 286 g/mol. The first-order valence-electron chi connectivity index (χ1n) is 3.71. The van der Waals surface area contributed by atoms with Crippen LogP contribution in [0.3, 0.4) is 0 Å². The third kappa shape index (κ3) is 3.63. The Morgan fingerprint density at radius 2 is 2.00 bits per heavy atom. The van der Waals surface area contributed by atoms with Gasteiger partial charge in [0.25, 0.3) is 0 Å². The molecule has 0 aliphatic carbocycles. The summed E-state index contributed by atoms with van der Waals surface area (Å²) in [5, 5.41) is 0.103. The minimum absolute atomic E-state index is 0.103. The Morgan fingerprint density at radius 3 is 2.58 bits per heavy atom. The monoisotopic (exact) mass is 296 g/mol. The average molecular weight is 297 g/mol. The Hall–Kier alpha value is 0.0400. The molecule has 0 bridgehead atoms. The molecule has 0 saturated carbocycles. The topological polar surface area (TPSA) is 9.23 Å². The van der Waals surface area contributed by atoms with Gasteiger partial charge < -0.3 is 4.74 Å². The lowest BCUT2D eigenvalue weighted by Crippen LogP contribution is -2.12. The normalized spacial score (nSPS) is 12.5. The van der Waals surface area contributed by atoms with Crippen LogP contribution in [0.4, 0.5) is 0 Å². The summed E-state index contributed by atoms with van der Waals surface area (Å²) in [6, 6.07) is 9.71. The van der Waals surface area contributed by atoms with Crippen LogP contribution in [0.25, 0.3) is 0 Å². The van der Waals surface area contributed by atoms with Crippen molar-refractivity contribution >= 4 is 34.2 Å². The molecule has 66 valence electrons. The van der Waals surface area contributed by atoms with E-state index in [4.69, 9.17) is 16.3 Å². The van der Waals surface area contributed by atoms with Crippen LogP contribution in [-0.2, 0) is 0 Å². The van der Waals surface area contributed by atoms with Crippen molar-refractivity contribution < 1.29 is 4.74 Å². The molecule has 0 spiro atoms. The van der Waals surface area contributed by atoms with Gasteiger partial charge in [-0.3, -0.25) is 0 Å². The maximum Gasteiger partial charge on any atom is 0.119 e. The summed E-state index contributed by atoms with van der Waals surface area (Å²) in [6.07, 6.45) is 0. The summed E-state index contributed by atoms with van der Waals surface area (Å²) in [6.45, 7) is 0.578. The van der Waals surface area contributed by atoms with Gasteiger partial charge in [-0.25, -0.2) is 0 Å². The molecule has 1 atom stereocenters. The molecule has 0 fully saturated rings. The van der Waals surface area contributed by atoms with Crippen molar-refractivity contribution in [1.82, 2.24) is 0 Å². The van der Waals surface area contributed by atoms with E-state index in [-0.39, 0.29) is 5.38 Å². The first-order valence-corrected chi connectivity index (χ1v) is 5.67. The first kappa shape index (κ1) is 10.1. The van der Waals surface area contributed by atoms with Gasteiger partial charge in [0, 0.05) is 4.43 Å². The van der Waals surface area contributed by atoms with Gasteiger partial charge in [0.2, 0.25) is 0 Å². The number of benzene rings is 1. The molecule has 0 saturated heterocycles. The molecule has 0 aliphatic heterocycles. The van der Waals surface area contributed by atoms with Gasteiger partial charge in [-0.05, 0) is 12.1 Å².